The van der Waals surface area contributed by atoms with Gasteiger partial charge in [-0.15, -0.1) is 0 Å². The number of carbonyl (C=O) groups excluding carboxylic acids is 2. The first-order chi connectivity index (χ1) is 11.6. The molecule has 1 heterocycles. The van der Waals surface area contributed by atoms with Crippen LogP contribution in [0.25, 0.3) is 0 Å². The number of hydrogen-bond donors (Lipinski definition) is 3. The van der Waals surface area contributed by atoms with Crippen molar-refractivity contribution in [2.45, 2.75) is 6.54 Å². The molecule has 2 aromatic rings. The molecule has 0 atom stereocenters. The molecule has 3 N–H and O–H groups in total. The van der Waals surface area contributed by atoms with E-state index in [2.05, 4.69) is 20.8 Å². The van der Waals surface area contributed by atoms with Crippen molar-refractivity contribution in [2.24, 2.45) is 5.10 Å². The van der Waals surface area contributed by atoms with Crippen LogP contribution in [-0.2, 0) is 16.1 Å². The summed E-state index contributed by atoms with van der Waals surface area (Å²) in [5.74, 6) is -1.60. The Balaban J connectivity index is 1.87. The molecule has 0 fully saturated rings. The maximum atomic E-state index is 11.6. The van der Waals surface area contributed by atoms with Crippen LogP contribution in [-0.4, -0.2) is 35.2 Å². The van der Waals surface area contributed by atoms with Gasteiger partial charge in [0.05, 0.1) is 25.6 Å². The molecule has 8 nitrogen and oxygen atoms in total. The van der Waals surface area contributed by atoms with E-state index in [9.17, 15) is 14.7 Å². The number of aromatic nitrogens is 1. The molecule has 124 valence electrons. The number of benzene rings is 1. The van der Waals surface area contributed by atoms with Gasteiger partial charge in [-0.3, -0.25) is 14.6 Å². The van der Waals surface area contributed by atoms with Crippen molar-refractivity contribution < 1.29 is 19.4 Å². The molecule has 8 heteroatoms. The van der Waals surface area contributed by atoms with Crippen molar-refractivity contribution in [1.29, 1.82) is 0 Å². The van der Waals surface area contributed by atoms with Gasteiger partial charge in [0.15, 0.2) is 11.5 Å². The Labute approximate surface area is 138 Å². The lowest BCUT2D eigenvalue weighted by atomic mass is 10.2. The van der Waals surface area contributed by atoms with Gasteiger partial charge >= 0.3 is 11.8 Å². The first kappa shape index (κ1) is 16.9. The van der Waals surface area contributed by atoms with Crippen LogP contribution in [0.5, 0.6) is 11.5 Å². The Morgan fingerprint density at radius 3 is 2.79 bits per heavy atom. The van der Waals surface area contributed by atoms with E-state index in [1.807, 2.05) is 0 Å². The normalized spacial score (nSPS) is 10.4. The number of aromatic hydroxyl groups is 1. The van der Waals surface area contributed by atoms with Gasteiger partial charge in [0, 0.05) is 11.8 Å². The van der Waals surface area contributed by atoms with Crippen molar-refractivity contribution in [1.82, 2.24) is 15.7 Å². The van der Waals surface area contributed by atoms with Crippen LogP contribution >= 0.6 is 0 Å². The Hall–Kier alpha value is -3.42. The smallest absolute Gasteiger partial charge is 0.329 e. The van der Waals surface area contributed by atoms with Crippen LogP contribution < -0.4 is 15.5 Å². The number of pyridine rings is 1. The third-order valence-corrected chi connectivity index (χ3v) is 2.98. The predicted octanol–water partition coefficient (Wildman–Crippen LogP) is 0.562. The summed E-state index contributed by atoms with van der Waals surface area (Å²) in [5, 5.41) is 15.9. The average Bonchev–Trinajstić information content (AvgIpc) is 2.61. The lowest BCUT2D eigenvalue weighted by Crippen LogP contribution is -2.37. The standard InChI is InChI=1S/C16H16N4O4/c1-24-13-7-4-5-11(14(13)21)9-19-20-16(23)15(22)18-10-12-6-2-3-8-17-12/h2-9,21H,10H2,1H3,(H,18,22)(H,20,23). The van der Waals surface area contributed by atoms with E-state index in [1.165, 1.54) is 13.3 Å². The fourth-order valence-corrected chi connectivity index (χ4v) is 1.77. The largest absolute Gasteiger partial charge is 0.504 e. The van der Waals surface area contributed by atoms with Crippen molar-refractivity contribution >= 4 is 18.0 Å². The number of nitrogens with zero attached hydrogens (tertiary/aromatic N) is 2. The van der Waals surface area contributed by atoms with E-state index in [4.69, 9.17) is 4.74 Å². The minimum Gasteiger partial charge on any atom is -0.504 e. The molecule has 2 amide bonds. The molecule has 1 aromatic heterocycles. The van der Waals surface area contributed by atoms with E-state index in [-0.39, 0.29) is 18.0 Å². The fourth-order valence-electron chi connectivity index (χ4n) is 1.77. The summed E-state index contributed by atoms with van der Waals surface area (Å²) in [4.78, 5) is 27.3. The molecule has 24 heavy (non-hydrogen) atoms. The number of amides is 2. The highest BCUT2D eigenvalue weighted by molar-refractivity contribution is 6.35. The first-order valence-electron chi connectivity index (χ1n) is 6.99. The lowest BCUT2D eigenvalue weighted by molar-refractivity contribution is -0.139. The molecule has 0 aliphatic carbocycles. The number of nitrogens with one attached hydrogen (secondary N) is 2. The minimum absolute atomic E-state index is 0.113. The number of methoxy groups -OCH3 is 1. The summed E-state index contributed by atoms with van der Waals surface area (Å²) >= 11 is 0. The van der Waals surface area contributed by atoms with Crippen LogP contribution in [0, 0.1) is 0 Å². The second-order valence-electron chi connectivity index (χ2n) is 4.60. The highest BCUT2D eigenvalue weighted by atomic mass is 16.5. The third kappa shape index (κ3) is 4.54. The zero-order chi connectivity index (χ0) is 17.4. The molecule has 0 bridgehead atoms. The number of hydrogen-bond acceptors (Lipinski definition) is 6. The second kappa shape index (κ2) is 8.28. The maximum Gasteiger partial charge on any atom is 0.329 e. The highest BCUT2D eigenvalue weighted by Gasteiger charge is 2.12. The molecular formula is C16H16N4O4. The Morgan fingerprint density at radius 1 is 1.25 bits per heavy atom. The van der Waals surface area contributed by atoms with Crippen molar-refractivity contribution in [3.05, 3.63) is 53.9 Å². The topological polar surface area (TPSA) is 113 Å². The highest BCUT2D eigenvalue weighted by Crippen LogP contribution is 2.27. The number of para-hydroxylation sites is 1. The Bertz CT molecular complexity index is 747. The number of ether oxygens (including phenoxy) is 1. The van der Waals surface area contributed by atoms with E-state index in [1.54, 1.807) is 42.6 Å². The van der Waals surface area contributed by atoms with Gasteiger partial charge in [-0.25, -0.2) is 5.43 Å². The lowest BCUT2D eigenvalue weighted by Gasteiger charge is -2.05. The fraction of sp³-hybridized carbons (Fsp3) is 0.125. The monoisotopic (exact) mass is 328 g/mol. The second-order valence-corrected chi connectivity index (χ2v) is 4.60. The molecule has 2 rings (SSSR count). The molecule has 0 radical (unpaired) electrons. The van der Waals surface area contributed by atoms with Gasteiger partial charge in [0.25, 0.3) is 0 Å². The van der Waals surface area contributed by atoms with Crippen LogP contribution in [0.1, 0.15) is 11.3 Å². The van der Waals surface area contributed by atoms with Gasteiger partial charge in [-0.2, -0.15) is 5.10 Å². The quantitative estimate of drug-likeness (QED) is 0.422. The third-order valence-electron chi connectivity index (χ3n) is 2.98. The van der Waals surface area contributed by atoms with E-state index in [0.717, 1.165) is 0 Å². The zero-order valence-corrected chi connectivity index (χ0v) is 12.9. The van der Waals surface area contributed by atoms with E-state index in [0.29, 0.717) is 11.3 Å². The number of rotatable bonds is 5. The number of carbonyl (C=O) groups is 2. The summed E-state index contributed by atoms with van der Waals surface area (Å²) in [6.07, 6.45) is 2.80. The summed E-state index contributed by atoms with van der Waals surface area (Å²) in [7, 11) is 1.42. The number of phenols is 1. The number of phenolic OH excluding ortho intramolecular Hbond substituents is 1. The average molecular weight is 328 g/mol. The van der Waals surface area contributed by atoms with Crippen molar-refractivity contribution in [2.75, 3.05) is 7.11 Å². The van der Waals surface area contributed by atoms with Crippen LogP contribution in [0.4, 0.5) is 0 Å². The summed E-state index contributed by atoms with van der Waals surface area (Å²) in [5.41, 5.74) is 3.04. The molecule has 0 aliphatic heterocycles. The molecule has 0 spiro atoms. The molecule has 0 aliphatic rings. The first-order valence-corrected chi connectivity index (χ1v) is 6.99. The summed E-state index contributed by atoms with van der Waals surface area (Å²) in [6.45, 7) is 0.132. The molecule has 0 saturated carbocycles. The van der Waals surface area contributed by atoms with Gasteiger partial charge < -0.3 is 15.2 Å². The molecule has 0 unspecified atom stereocenters. The number of hydrazone groups is 1. The maximum absolute atomic E-state index is 11.6. The van der Waals surface area contributed by atoms with Crippen molar-refractivity contribution in [3.8, 4) is 11.5 Å². The molecular weight excluding hydrogens is 312 g/mol. The van der Waals surface area contributed by atoms with Crippen LogP contribution in [0.15, 0.2) is 47.7 Å². The van der Waals surface area contributed by atoms with Crippen LogP contribution in [0.2, 0.25) is 0 Å². The van der Waals surface area contributed by atoms with Gasteiger partial charge in [0.2, 0.25) is 0 Å². The SMILES string of the molecule is COc1cccc(C=NNC(=O)C(=O)NCc2ccccn2)c1O. The van der Waals surface area contributed by atoms with E-state index < -0.39 is 11.8 Å². The summed E-state index contributed by atoms with van der Waals surface area (Å²) in [6, 6.07) is 10.1. The van der Waals surface area contributed by atoms with E-state index >= 15 is 0 Å². The van der Waals surface area contributed by atoms with Gasteiger partial charge in [-0.1, -0.05) is 12.1 Å². The zero-order valence-electron chi connectivity index (χ0n) is 12.9. The van der Waals surface area contributed by atoms with Gasteiger partial charge in [0.1, 0.15) is 0 Å². The summed E-state index contributed by atoms with van der Waals surface area (Å²) < 4.78 is 4.96. The van der Waals surface area contributed by atoms with Crippen LogP contribution in [0.3, 0.4) is 0 Å². The Morgan fingerprint density at radius 2 is 2.08 bits per heavy atom. The predicted molar refractivity (Wildman–Crippen MR) is 86.5 cm³/mol. The molecule has 1 aromatic carbocycles. The van der Waals surface area contributed by atoms with Crippen molar-refractivity contribution in [3.63, 3.8) is 0 Å². The minimum atomic E-state index is -0.926. The molecule has 0 saturated heterocycles. The Kier molecular flexibility index (Phi) is 5.84. The van der Waals surface area contributed by atoms with Gasteiger partial charge in [-0.05, 0) is 24.3 Å².